The minimum absolute atomic E-state index is 0.156. The molecule has 116 valence electrons. The Labute approximate surface area is 135 Å². The van der Waals surface area contributed by atoms with Gasteiger partial charge in [0.2, 0.25) is 0 Å². The van der Waals surface area contributed by atoms with Crippen molar-refractivity contribution in [2.24, 2.45) is 0 Å². The maximum absolute atomic E-state index is 13.0. The smallest absolute Gasteiger partial charge is 0.348 e. The van der Waals surface area contributed by atoms with Crippen LogP contribution < -0.4 is 15.1 Å². The first-order chi connectivity index (χ1) is 11.3. The van der Waals surface area contributed by atoms with Crippen molar-refractivity contribution < 1.29 is 9.69 Å². The van der Waals surface area contributed by atoms with Gasteiger partial charge in [-0.15, -0.1) is 0 Å². The Hall–Kier alpha value is -2.33. The van der Waals surface area contributed by atoms with E-state index in [1.54, 1.807) is 0 Å². The summed E-state index contributed by atoms with van der Waals surface area (Å²) in [7, 11) is 2.13. The number of nitrogens with one attached hydrogen (secondary N) is 2. The molecular formula is C19H20N3O+. The van der Waals surface area contributed by atoms with E-state index in [9.17, 15) is 4.79 Å². The summed E-state index contributed by atoms with van der Waals surface area (Å²) in [6.07, 6.45) is 1.21. The summed E-state index contributed by atoms with van der Waals surface area (Å²) < 4.78 is 0. The molecule has 4 nitrogen and oxygen atoms in total. The zero-order valence-electron chi connectivity index (χ0n) is 13.1. The fraction of sp³-hybridized carbons (Fsp3) is 0.316. The summed E-state index contributed by atoms with van der Waals surface area (Å²) in [6, 6.07) is 16.9. The average molecular weight is 306 g/mol. The molecule has 4 heteroatoms. The summed E-state index contributed by atoms with van der Waals surface area (Å²) in [5.74, 6) is 0.750. The molecule has 3 heterocycles. The number of nitrogens with zero attached hydrogens (tertiary/aromatic N) is 1. The molecule has 0 aromatic heterocycles. The molecule has 0 bridgehead atoms. The van der Waals surface area contributed by atoms with Crippen LogP contribution in [-0.4, -0.2) is 31.7 Å². The van der Waals surface area contributed by atoms with Gasteiger partial charge in [-0.1, -0.05) is 30.3 Å². The zero-order chi connectivity index (χ0) is 15.6. The van der Waals surface area contributed by atoms with E-state index in [1.165, 1.54) is 11.3 Å². The second kappa shape index (κ2) is 4.59. The highest BCUT2D eigenvalue weighted by molar-refractivity contribution is 5.96. The Bertz CT molecular complexity index is 803. The Kier molecular flexibility index (Phi) is 2.62. The van der Waals surface area contributed by atoms with E-state index in [2.05, 4.69) is 47.6 Å². The lowest BCUT2D eigenvalue weighted by molar-refractivity contribution is -0.850. The molecule has 3 aliphatic heterocycles. The summed E-state index contributed by atoms with van der Waals surface area (Å²) in [4.78, 5) is 16.4. The molecule has 3 aliphatic rings. The first-order valence-corrected chi connectivity index (χ1v) is 8.33. The third-order valence-electron chi connectivity index (χ3n) is 5.78. The van der Waals surface area contributed by atoms with Gasteiger partial charge in [-0.3, -0.25) is 0 Å². The summed E-state index contributed by atoms with van der Waals surface area (Å²) in [6.45, 7) is 0.902. The number of carbonyl (C=O) groups is 1. The topological polar surface area (TPSA) is 36.8 Å². The number of amides is 1. The highest BCUT2D eigenvalue weighted by Crippen LogP contribution is 2.41. The predicted octanol–water partition coefficient (Wildman–Crippen LogP) is 1.47. The van der Waals surface area contributed by atoms with Crippen LogP contribution in [0.15, 0.2) is 48.5 Å². The highest BCUT2D eigenvalue weighted by Gasteiger charge is 2.53. The lowest BCUT2D eigenvalue weighted by Crippen LogP contribution is -3.23. The number of hydrogen-bond donors (Lipinski definition) is 2. The van der Waals surface area contributed by atoms with Crippen molar-refractivity contribution in [2.75, 3.05) is 23.8 Å². The van der Waals surface area contributed by atoms with Crippen LogP contribution in [0.2, 0.25) is 0 Å². The molecule has 0 aliphatic carbocycles. The molecule has 2 N–H and O–H groups in total. The third kappa shape index (κ3) is 1.67. The van der Waals surface area contributed by atoms with E-state index in [-0.39, 0.29) is 12.1 Å². The molecule has 2 aromatic rings. The third-order valence-corrected chi connectivity index (χ3v) is 5.78. The van der Waals surface area contributed by atoms with Crippen LogP contribution in [0.25, 0.3) is 0 Å². The number of anilines is 2. The van der Waals surface area contributed by atoms with E-state index in [0.29, 0.717) is 12.0 Å². The van der Waals surface area contributed by atoms with Crippen molar-refractivity contribution in [3.8, 4) is 0 Å². The lowest BCUT2D eigenvalue weighted by atomic mass is 9.84. The van der Waals surface area contributed by atoms with Crippen molar-refractivity contribution in [1.29, 1.82) is 0 Å². The highest BCUT2D eigenvalue weighted by atomic mass is 16.2. The number of benzene rings is 2. The maximum atomic E-state index is 13.0. The summed E-state index contributed by atoms with van der Waals surface area (Å²) in [5, 5.41) is 3.70. The van der Waals surface area contributed by atoms with Crippen LogP contribution >= 0.6 is 0 Å². The van der Waals surface area contributed by atoms with Gasteiger partial charge in [-0.05, 0) is 23.8 Å². The molecular weight excluding hydrogens is 286 g/mol. The van der Waals surface area contributed by atoms with Crippen molar-refractivity contribution >= 4 is 17.3 Å². The van der Waals surface area contributed by atoms with Gasteiger partial charge >= 0.3 is 5.91 Å². The van der Waals surface area contributed by atoms with Gasteiger partial charge in [-0.25, -0.2) is 9.69 Å². The van der Waals surface area contributed by atoms with Gasteiger partial charge in [0, 0.05) is 25.1 Å². The average Bonchev–Trinajstić information content (AvgIpc) is 2.98. The van der Waals surface area contributed by atoms with Crippen LogP contribution in [0.3, 0.4) is 0 Å². The number of fused-ring (bicyclic) bond motifs is 6. The Morgan fingerprint density at radius 2 is 1.91 bits per heavy atom. The van der Waals surface area contributed by atoms with Gasteiger partial charge in [-0.2, -0.15) is 0 Å². The zero-order valence-corrected chi connectivity index (χ0v) is 13.1. The Morgan fingerprint density at radius 1 is 1.13 bits per heavy atom. The second-order valence-corrected chi connectivity index (χ2v) is 6.83. The van der Waals surface area contributed by atoms with Crippen molar-refractivity contribution in [3.63, 3.8) is 0 Å². The van der Waals surface area contributed by atoms with E-state index < -0.39 is 0 Å². The molecule has 0 radical (unpaired) electrons. The van der Waals surface area contributed by atoms with Crippen LogP contribution in [0.5, 0.6) is 0 Å². The van der Waals surface area contributed by atoms with Crippen LogP contribution in [-0.2, 0) is 0 Å². The van der Waals surface area contributed by atoms with Gasteiger partial charge in [0.15, 0.2) is 6.17 Å². The molecule has 5 rings (SSSR count). The normalized spacial score (nSPS) is 30.8. The number of quaternary nitrogens is 1. The van der Waals surface area contributed by atoms with Gasteiger partial charge < -0.3 is 10.2 Å². The summed E-state index contributed by atoms with van der Waals surface area (Å²) >= 11 is 0. The SMILES string of the molecule is CN1c2ccccc2C(=O)[NH+]2CCC3c4ccccc4NC3C12. The number of hydrogen-bond acceptors (Lipinski definition) is 3. The largest absolute Gasteiger partial charge is 0.374 e. The second-order valence-electron chi connectivity index (χ2n) is 6.83. The number of para-hydroxylation sites is 2. The standard InChI is InChI=1S/C19H19N3O/c1-21-16-9-5-3-7-14(16)19(23)22-11-10-13-12-6-2-4-8-15(12)20-17(13)18(21)22/h2-9,13,17-18,20H,10-11H2,1H3/p+1. The molecule has 4 unspecified atom stereocenters. The molecule has 2 aromatic carbocycles. The minimum Gasteiger partial charge on any atom is -0.374 e. The monoisotopic (exact) mass is 306 g/mol. The van der Waals surface area contributed by atoms with Gasteiger partial charge in [0.05, 0.1) is 12.2 Å². The Morgan fingerprint density at radius 3 is 2.83 bits per heavy atom. The Balaban J connectivity index is 1.60. The molecule has 1 amide bonds. The van der Waals surface area contributed by atoms with Crippen molar-refractivity contribution in [3.05, 3.63) is 59.7 Å². The van der Waals surface area contributed by atoms with Gasteiger partial charge in [0.1, 0.15) is 11.6 Å². The fourth-order valence-electron chi connectivity index (χ4n) is 4.75. The lowest BCUT2D eigenvalue weighted by Gasteiger charge is -2.46. The van der Waals surface area contributed by atoms with Crippen LogP contribution in [0.4, 0.5) is 11.4 Å². The number of carbonyl (C=O) groups excluding carboxylic acids is 1. The molecule has 0 spiro atoms. The molecule has 1 saturated heterocycles. The molecule has 0 saturated carbocycles. The number of piperidine rings is 1. The van der Waals surface area contributed by atoms with E-state index >= 15 is 0 Å². The molecule has 23 heavy (non-hydrogen) atoms. The van der Waals surface area contributed by atoms with Crippen molar-refractivity contribution in [2.45, 2.75) is 24.5 Å². The van der Waals surface area contributed by atoms with E-state index in [1.807, 2.05) is 18.2 Å². The first-order valence-electron chi connectivity index (χ1n) is 8.33. The van der Waals surface area contributed by atoms with E-state index in [4.69, 9.17) is 0 Å². The van der Waals surface area contributed by atoms with Crippen LogP contribution in [0.1, 0.15) is 28.3 Å². The minimum atomic E-state index is 0.156. The van der Waals surface area contributed by atoms with Crippen LogP contribution in [0, 0.1) is 0 Å². The van der Waals surface area contributed by atoms with Gasteiger partial charge in [0.25, 0.3) is 0 Å². The van der Waals surface area contributed by atoms with E-state index in [0.717, 1.165) is 29.1 Å². The number of rotatable bonds is 0. The quantitative estimate of drug-likeness (QED) is 0.774. The van der Waals surface area contributed by atoms with Crippen molar-refractivity contribution in [1.82, 2.24) is 0 Å². The molecule has 1 fully saturated rings. The first kappa shape index (κ1) is 13.1. The fourth-order valence-corrected chi connectivity index (χ4v) is 4.75. The predicted molar refractivity (Wildman–Crippen MR) is 90.0 cm³/mol. The summed E-state index contributed by atoms with van der Waals surface area (Å²) in [5.41, 5.74) is 4.57. The maximum Gasteiger partial charge on any atom is 0.348 e. The molecule has 4 atom stereocenters. The number of likely N-dealkylation sites (N-methyl/N-ethyl adjacent to an activating group) is 1.